The highest BCUT2D eigenvalue weighted by Gasteiger charge is 2.24. The fraction of sp³-hybridized carbons (Fsp3) is 0.643. The minimum Gasteiger partial charge on any atom is -0.396 e. The summed E-state index contributed by atoms with van der Waals surface area (Å²) in [5.74, 6) is 1.03. The predicted octanol–water partition coefficient (Wildman–Crippen LogP) is 3.23. The average Bonchev–Trinajstić information content (AvgIpc) is 2.43. The van der Waals surface area contributed by atoms with Crippen LogP contribution in [0.4, 0.5) is 0 Å². The molecule has 5 heteroatoms. The molecule has 0 amide bonds. The van der Waals surface area contributed by atoms with Gasteiger partial charge < -0.3 is 5.11 Å². The number of halogens is 2. The molecule has 0 radical (unpaired) electrons. The van der Waals surface area contributed by atoms with Crippen LogP contribution in [0.1, 0.15) is 25.3 Å². The first-order valence-electron chi connectivity index (χ1n) is 6.73. The van der Waals surface area contributed by atoms with Crippen LogP contribution in [-0.4, -0.2) is 34.7 Å². The summed E-state index contributed by atoms with van der Waals surface area (Å²) in [6.45, 7) is 5.25. The second kappa shape index (κ2) is 6.89. The van der Waals surface area contributed by atoms with Crippen LogP contribution < -0.4 is 0 Å². The van der Waals surface area contributed by atoms with Crippen LogP contribution in [0.2, 0.25) is 10.0 Å². The van der Waals surface area contributed by atoms with Crippen molar-refractivity contribution in [3.8, 4) is 0 Å². The van der Waals surface area contributed by atoms with Gasteiger partial charge in [0.15, 0.2) is 0 Å². The Hall–Kier alpha value is -0.350. The van der Waals surface area contributed by atoms with Crippen molar-refractivity contribution in [2.24, 2.45) is 11.8 Å². The molecule has 1 atom stereocenters. The average molecular weight is 303 g/mol. The Morgan fingerprint density at radius 1 is 1.32 bits per heavy atom. The van der Waals surface area contributed by atoms with Gasteiger partial charge in [0.05, 0.1) is 10.0 Å². The number of aromatic nitrogens is 1. The first-order valence-corrected chi connectivity index (χ1v) is 7.48. The van der Waals surface area contributed by atoms with E-state index in [0.717, 1.165) is 38.0 Å². The van der Waals surface area contributed by atoms with Gasteiger partial charge >= 0.3 is 0 Å². The first-order chi connectivity index (χ1) is 9.11. The van der Waals surface area contributed by atoms with E-state index in [-0.39, 0.29) is 6.61 Å². The third-order valence-electron chi connectivity index (χ3n) is 4.06. The van der Waals surface area contributed by atoms with Crippen molar-refractivity contribution in [2.75, 3.05) is 19.7 Å². The zero-order valence-electron chi connectivity index (χ0n) is 11.1. The van der Waals surface area contributed by atoms with Crippen LogP contribution in [0.3, 0.4) is 0 Å². The molecule has 0 saturated carbocycles. The summed E-state index contributed by atoms with van der Waals surface area (Å²) in [6, 6.07) is 0. The van der Waals surface area contributed by atoms with E-state index in [2.05, 4.69) is 16.8 Å². The molecule has 1 N–H and O–H groups in total. The first kappa shape index (κ1) is 15.0. The molecule has 0 spiro atoms. The Kier molecular flexibility index (Phi) is 5.46. The highest BCUT2D eigenvalue weighted by atomic mass is 35.5. The lowest BCUT2D eigenvalue weighted by Gasteiger charge is -2.34. The summed E-state index contributed by atoms with van der Waals surface area (Å²) in [5, 5.41) is 10.5. The van der Waals surface area contributed by atoms with Gasteiger partial charge in [-0.15, -0.1) is 0 Å². The number of piperidine rings is 1. The van der Waals surface area contributed by atoms with E-state index in [1.807, 2.05) is 0 Å². The SMILES string of the molecule is CC(CO)C1CCN(Cc2c(Cl)cncc2Cl)CC1. The normalized spacial score (nSPS) is 19.6. The molecule has 1 aromatic heterocycles. The Labute approximate surface area is 124 Å². The molecule has 1 saturated heterocycles. The third-order valence-corrected chi connectivity index (χ3v) is 4.71. The molecule has 0 aromatic carbocycles. The molecule has 2 heterocycles. The quantitative estimate of drug-likeness (QED) is 0.928. The van der Waals surface area contributed by atoms with Gasteiger partial charge in [0.2, 0.25) is 0 Å². The monoisotopic (exact) mass is 302 g/mol. The molecule has 1 aliphatic rings. The summed E-state index contributed by atoms with van der Waals surface area (Å²) in [6.07, 6.45) is 5.54. The lowest BCUT2D eigenvalue weighted by Crippen LogP contribution is -2.36. The summed E-state index contributed by atoms with van der Waals surface area (Å²) >= 11 is 12.3. The van der Waals surface area contributed by atoms with Gasteiger partial charge in [-0.1, -0.05) is 30.1 Å². The van der Waals surface area contributed by atoms with Crippen molar-refractivity contribution in [2.45, 2.75) is 26.3 Å². The lowest BCUT2D eigenvalue weighted by molar-refractivity contribution is 0.112. The predicted molar refractivity (Wildman–Crippen MR) is 78.5 cm³/mol. The topological polar surface area (TPSA) is 36.4 Å². The summed E-state index contributed by atoms with van der Waals surface area (Å²) < 4.78 is 0. The fourth-order valence-electron chi connectivity index (χ4n) is 2.64. The molecule has 1 unspecified atom stereocenters. The Bertz CT molecular complexity index is 400. The van der Waals surface area contributed by atoms with E-state index in [0.29, 0.717) is 21.9 Å². The molecule has 1 aliphatic heterocycles. The number of aliphatic hydroxyl groups excluding tert-OH is 1. The second-order valence-corrected chi connectivity index (χ2v) is 6.17. The molecular formula is C14H20Cl2N2O. The van der Waals surface area contributed by atoms with E-state index < -0.39 is 0 Å². The van der Waals surface area contributed by atoms with Crippen LogP contribution >= 0.6 is 23.2 Å². The molecule has 3 nitrogen and oxygen atoms in total. The number of pyridine rings is 1. The number of nitrogens with zero attached hydrogens (tertiary/aromatic N) is 2. The number of hydrogen-bond acceptors (Lipinski definition) is 3. The Morgan fingerprint density at radius 2 is 1.89 bits per heavy atom. The van der Waals surface area contributed by atoms with Crippen LogP contribution in [0.15, 0.2) is 12.4 Å². The molecule has 1 fully saturated rings. The maximum absolute atomic E-state index is 9.21. The van der Waals surface area contributed by atoms with E-state index in [9.17, 15) is 5.11 Å². The van der Waals surface area contributed by atoms with Crippen molar-refractivity contribution >= 4 is 23.2 Å². The van der Waals surface area contributed by atoms with Crippen molar-refractivity contribution in [1.29, 1.82) is 0 Å². The maximum Gasteiger partial charge on any atom is 0.0649 e. The third kappa shape index (κ3) is 3.82. The van der Waals surface area contributed by atoms with Gasteiger partial charge in [-0.05, 0) is 37.8 Å². The molecular weight excluding hydrogens is 283 g/mol. The highest BCUT2D eigenvalue weighted by Crippen LogP contribution is 2.28. The van der Waals surface area contributed by atoms with Crippen LogP contribution in [0, 0.1) is 11.8 Å². The van der Waals surface area contributed by atoms with Crippen LogP contribution in [0.25, 0.3) is 0 Å². The van der Waals surface area contributed by atoms with Crippen molar-refractivity contribution in [1.82, 2.24) is 9.88 Å². The summed E-state index contributed by atoms with van der Waals surface area (Å²) in [7, 11) is 0. The number of rotatable bonds is 4. The molecule has 19 heavy (non-hydrogen) atoms. The van der Waals surface area contributed by atoms with Crippen molar-refractivity contribution < 1.29 is 5.11 Å². The van der Waals surface area contributed by atoms with Gasteiger partial charge in [-0.3, -0.25) is 9.88 Å². The molecule has 0 aliphatic carbocycles. The van der Waals surface area contributed by atoms with E-state index >= 15 is 0 Å². The maximum atomic E-state index is 9.21. The second-order valence-electron chi connectivity index (χ2n) is 5.36. The van der Waals surface area contributed by atoms with Crippen molar-refractivity contribution in [3.63, 3.8) is 0 Å². The fourth-order valence-corrected chi connectivity index (χ4v) is 3.13. The van der Waals surface area contributed by atoms with Gasteiger partial charge in [0.1, 0.15) is 0 Å². The summed E-state index contributed by atoms with van der Waals surface area (Å²) in [5.41, 5.74) is 0.965. The standard InChI is InChI=1S/C14H20Cl2N2O/c1-10(9-19)11-2-4-18(5-3-11)8-12-13(15)6-17-7-14(12)16/h6-7,10-11,19H,2-5,8-9H2,1H3. The van der Waals surface area contributed by atoms with Gasteiger partial charge in [0.25, 0.3) is 0 Å². The van der Waals surface area contributed by atoms with E-state index in [4.69, 9.17) is 23.2 Å². The summed E-state index contributed by atoms with van der Waals surface area (Å²) in [4.78, 5) is 6.34. The lowest BCUT2D eigenvalue weighted by atomic mass is 9.86. The van der Waals surface area contributed by atoms with Crippen LogP contribution in [0.5, 0.6) is 0 Å². The Morgan fingerprint density at radius 3 is 2.42 bits per heavy atom. The number of hydrogen-bond donors (Lipinski definition) is 1. The molecule has 1 aromatic rings. The van der Waals surface area contributed by atoms with Gasteiger partial charge in [0, 0.05) is 31.1 Å². The largest absolute Gasteiger partial charge is 0.396 e. The minimum atomic E-state index is 0.284. The van der Waals surface area contributed by atoms with E-state index in [1.54, 1.807) is 12.4 Å². The number of likely N-dealkylation sites (tertiary alicyclic amines) is 1. The highest BCUT2D eigenvalue weighted by molar-refractivity contribution is 6.35. The van der Waals surface area contributed by atoms with Crippen LogP contribution in [-0.2, 0) is 6.54 Å². The van der Waals surface area contributed by atoms with E-state index in [1.165, 1.54) is 0 Å². The van der Waals surface area contributed by atoms with Gasteiger partial charge in [-0.25, -0.2) is 0 Å². The Balaban J connectivity index is 1.92. The van der Waals surface area contributed by atoms with Crippen molar-refractivity contribution in [3.05, 3.63) is 28.0 Å². The minimum absolute atomic E-state index is 0.284. The molecule has 106 valence electrons. The molecule has 0 bridgehead atoms. The molecule has 2 rings (SSSR count). The number of aliphatic hydroxyl groups is 1. The smallest absolute Gasteiger partial charge is 0.0649 e. The van der Waals surface area contributed by atoms with Gasteiger partial charge in [-0.2, -0.15) is 0 Å². The zero-order valence-corrected chi connectivity index (χ0v) is 12.7. The zero-order chi connectivity index (χ0) is 13.8.